The molecule has 0 bridgehead atoms. The molecule has 1 saturated carbocycles. The van der Waals surface area contributed by atoms with Gasteiger partial charge in [-0.25, -0.2) is 4.98 Å². The van der Waals surface area contributed by atoms with Crippen molar-refractivity contribution < 1.29 is 4.42 Å². The molecule has 8 heteroatoms. The average molecular weight is 400 g/mol. The van der Waals surface area contributed by atoms with E-state index in [1.165, 1.54) is 6.26 Å². The number of nitriles is 1. The van der Waals surface area contributed by atoms with Gasteiger partial charge >= 0.3 is 0 Å². The number of aromatic nitrogens is 4. The normalized spacial score (nSPS) is 18.9. The van der Waals surface area contributed by atoms with E-state index in [-0.39, 0.29) is 17.5 Å². The molecule has 0 radical (unpaired) electrons. The molecule has 1 unspecified atom stereocenters. The number of pyridine rings is 1. The van der Waals surface area contributed by atoms with Crippen LogP contribution in [-0.4, -0.2) is 19.7 Å². The zero-order valence-electron chi connectivity index (χ0n) is 16.2. The van der Waals surface area contributed by atoms with Crippen LogP contribution in [0.4, 0.5) is 11.5 Å². The fourth-order valence-electron chi connectivity index (χ4n) is 4.19. The lowest BCUT2D eigenvalue weighted by Gasteiger charge is -2.27. The number of hydrogen-bond donors (Lipinski definition) is 2. The molecule has 1 aliphatic carbocycles. The fourth-order valence-corrected chi connectivity index (χ4v) is 4.19. The fraction of sp³-hybridized carbons (Fsp3) is 0.273. The van der Waals surface area contributed by atoms with Crippen molar-refractivity contribution in [3.63, 3.8) is 0 Å². The number of H-pyrrole nitrogens is 1. The summed E-state index contributed by atoms with van der Waals surface area (Å²) < 4.78 is 7.19. The van der Waals surface area contributed by atoms with Crippen molar-refractivity contribution in [1.29, 1.82) is 5.26 Å². The summed E-state index contributed by atoms with van der Waals surface area (Å²) in [6, 6.07) is 11.8. The minimum absolute atomic E-state index is 0.0315. The first kappa shape index (κ1) is 18.2. The molecule has 0 aliphatic heterocycles. The Morgan fingerprint density at radius 1 is 1.20 bits per heavy atom. The molecule has 0 amide bonds. The summed E-state index contributed by atoms with van der Waals surface area (Å²) in [7, 11) is 0. The second-order valence-corrected chi connectivity index (χ2v) is 7.49. The van der Waals surface area contributed by atoms with Crippen LogP contribution in [-0.2, 0) is 0 Å². The maximum atomic E-state index is 12.6. The Kier molecular flexibility index (Phi) is 4.56. The molecule has 0 saturated heterocycles. The number of oxazole rings is 1. The van der Waals surface area contributed by atoms with Crippen LogP contribution in [0.15, 0.2) is 58.2 Å². The van der Waals surface area contributed by atoms with Gasteiger partial charge in [-0.3, -0.25) is 9.48 Å². The number of nitrogens with one attached hydrogen (secondary N) is 2. The van der Waals surface area contributed by atoms with Gasteiger partial charge in [-0.15, -0.1) is 0 Å². The van der Waals surface area contributed by atoms with Gasteiger partial charge in [0.2, 0.25) is 5.89 Å². The summed E-state index contributed by atoms with van der Waals surface area (Å²) >= 11 is 0. The Labute approximate surface area is 172 Å². The van der Waals surface area contributed by atoms with E-state index in [2.05, 4.69) is 21.4 Å². The third kappa shape index (κ3) is 3.14. The van der Waals surface area contributed by atoms with Crippen molar-refractivity contribution in [2.24, 2.45) is 5.92 Å². The molecule has 1 aromatic carbocycles. The number of anilines is 2. The van der Waals surface area contributed by atoms with Crippen molar-refractivity contribution in [3.8, 4) is 17.5 Å². The van der Waals surface area contributed by atoms with E-state index >= 15 is 0 Å². The lowest BCUT2D eigenvalue weighted by Crippen LogP contribution is -2.23. The summed E-state index contributed by atoms with van der Waals surface area (Å²) in [5, 5.41) is 18.1. The van der Waals surface area contributed by atoms with E-state index in [0.29, 0.717) is 17.1 Å². The highest BCUT2D eigenvalue weighted by Gasteiger charge is 2.29. The summed E-state index contributed by atoms with van der Waals surface area (Å²) in [6.45, 7) is 0. The summed E-state index contributed by atoms with van der Waals surface area (Å²) in [6.07, 6.45) is 8.61. The van der Waals surface area contributed by atoms with E-state index in [1.54, 1.807) is 12.4 Å². The topological polar surface area (TPSA) is 113 Å². The Morgan fingerprint density at radius 3 is 2.80 bits per heavy atom. The van der Waals surface area contributed by atoms with Crippen LogP contribution in [0.25, 0.3) is 22.4 Å². The summed E-state index contributed by atoms with van der Waals surface area (Å²) in [5.41, 5.74) is 2.19. The molecule has 3 aromatic heterocycles. The summed E-state index contributed by atoms with van der Waals surface area (Å²) in [4.78, 5) is 19.5. The molecule has 1 aliphatic rings. The monoisotopic (exact) mass is 400 g/mol. The van der Waals surface area contributed by atoms with Crippen LogP contribution in [0.2, 0.25) is 0 Å². The second-order valence-electron chi connectivity index (χ2n) is 7.49. The quantitative estimate of drug-likeness (QED) is 0.526. The van der Waals surface area contributed by atoms with Gasteiger partial charge in [0.25, 0.3) is 5.56 Å². The number of hydrogen-bond acceptors (Lipinski definition) is 6. The molecular weight excluding hydrogens is 380 g/mol. The van der Waals surface area contributed by atoms with E-state index in [9.17, 15) is 10.1 Å². The molecule has 30 heavy (non-hydrogen) atoms. The van der Waals surface area contributed by atoms with Crippen LogP contribution in [0, 0.1) is 17.2 Å². The maximum absolute atomic E-state index is 12.6. The molecule has 2 atom stereocenters. The number of rotatable bonds is 4. The van der Waals surface area contributed by atoms with E-state index < -0.39 is 0 Å². The molecule has 1 fully saturated rings. The predicted molar refractivity (Wildman–Crippen MR) is 112 cm³/mol. The first-order valence-corrected chi connectivity index (χ1v) is 10.0. The average Bonchev–Trinajstić information content (AvgIpc) is 3.44. The number of fused-ring (bicyclic) bond motifs is 1. The Morgan fingerprint density at radius 2 is 2.03 bits per heavy atom. The van der Waals surface area contributed by atoms with Crippen molar-refractivity contribution in [3.05, 3.63) is 59.3 Å². The van der Waals surface area contributed by atoms with Gasteiger partial charge in [-0.05, 0) is 43.2 Å². The van der Waals surface area contributed by atoms with Crippen molar-refractivity contribution in [2.75, 3.05) is 5.32 Å². The first-order chi connectivity index (χ1) is 14.7. The smallest absolute Gasteiger partial charge is 0.261 e. The van der Waals surface area contributed by atoms with Gasteiger partial charge in [0.15, 0.2) is 5.82 Å². The van der Waals surface area contributed by atoms with Gasteiger partial charge in [0.05, 0.1) is 29.7 Å². The van der Waals surface area contributed by atoms with Crippen molar-refractivity contribution in [1.82, 2.24) is 19.7 Å². The van der Waals surface area contributed by atoms with Crippen molar-refractivity contribution >= 4 is 22.4 Å². The minimum Gasteiger partial charge on any atom is -0.445 e. The zero-order valence-corrected chi connectivity index (χ0v) is 16.2. The molecule has 5 rings (SSSR count). The predicted octanol–water partition coefficient (Wildman–Crippen LogP) is 4.38. The van der Waals surface area contributed by atoms with Gasteiger partial charge in [-0.1, -0.05) is 12.8 Å². The lowest BCUT2D eigenvalue weighted by molar-refractivity contribution is 0.277. The van der Waals surface area contributed by atoms with Crippen LogP contribution >= 0.6 is 0 Å². The third-order valence-electron chi connectivity index (χ3n) is 5.67. The van der Waals surface area contributed by atoms with E-state index in [0.717, 1.165) is 42.5 Å². The molecule has 2 N–H and O–H groups in total. The standard InChI is InChI=1S/C22H20N6O2/c23-13-15-3-1-2-4-17(15)28-18-9-10-24-21(29)19(18)20(27-28)26-16-7-5-14(6-8-16)22-25-11-12-30-22/h5-12,15,17H,1-4H2,(H,24,29)(H,26,27)/t15?,17-/m0/s1. The molecule has 150 valence electrons. The first-order valence-electron chi connectivity index (χ1n) is 10.0. The van der Waals surface area contributed by atoms with Crippen molar-refractivity contribution in [2.45, 2.75) is 31.7 Å². The Balaban J connectivity index is 1.53. The number of benzene rings is 1. The Hall–Kier alpha value is -3.86. The van der Waals surface area contributed by atoms with Gasteiger partial charge in [0, 0.05) is 17.4 Å². The molecular formula is C22H20N6O2. The highest BCUT2D eigenvalue weighted by atomic mass is 16.3. The zero-order chi connectivity index (χ0) is 20.5. The van der Waals surface area contributed by atoms with Crippen LogP contribution in [0.1, 0.15) is 31.7 Å². The molecule has 4 aromatic rings. The largest absolute Gasteiger partial charge is 0.445 e. The maximum Gasteiger partial charge on any atom is 0.261 e. The van der Waals surface area contributed by atoms with E-state index in [1.807, 2.05) is 35.0 Å². The third-order valence-corrected chi connectivity index (χ3v) is 5.67. The van der Waals surface area contributed by atoms with Gasteiger partial charge in [-0.2, -0.15) is 10.4 Å². The van der Waals surface area contributed by atoms with Gasteiger partial charge in [0.1, 0.15) is 11.6 Å². The van der Waals surface area contributed by atoms with Crippen LogP contribution in [0.5, 0.6) is 0 Å². The molecule has 0 spiro atoms. The van der Waals surface area contributed by atoms with Gasteiger partial charge < -0.3 is 14.7 Å². The highest BCUT2D eigenvalue weighted by molar-refractivity contribution is 5.91. The molecule has 8 nitrogen and oxygen atoms in total. The summed E-state index contributed by atoms with van der Waals surface area (Å²) in [5.74, 6) is 0.930. The van der Waals surface area contributed by atoms with E-state index in [4.69, 9.17) is 9.52 Å². The number of nitrogens with zero attached hydrogens (tertiary/aromatic N) is 4. The minimum atomic E-state index is -0.207. The second kappa shape index (κ2) is 7.52. The SMILES string of the molecule is N#CC1CCCC[C@@H]1n1nc(Nc2ccc(-c3ncco3)cc2)c2c(=O)[nH]ccc21. The molecule has 3 heterocycles. The van der Waals surface area contributed by atoms with Crippen LogP contribution in [0.3, 0.4) is 0 Å². The van der Waals surface area contributed by atoms with Crippen LogP contribution < -0.4 is 10.9 Å². The number of aromatic amines is 1. The Bertz CT molecular complexity index is 1260. The lowest BCUT2D eigenvalue weighted by atomic mass is 9.85. The highest BCUT2D eigenvalue weighted by Crippen LogP contribution is 2.36.